The van der Waals surface area contributed by atoms with Gasteiger partial charge >= 0.3 is 0 Å². The third kappa shape index (κ3) is 4.01. The van der Waals surface area contributed by atoms with E-state index in [0.717, 1.165) is 12.8 Å². The summed E-state index contributed by atoms with van der Waals surface area (Å²) in [5.41, 5.74) is 2.06. The van der Waals surface area contributed by atoms with Crippen LogP contribution >= 0.6 is 0 Å². The van der Waals surface area contributed by atoms with E-state index in [1.54, 1.807) is 36.1 Å². The van der Waals surface area contributed by atoms with Crippen molar-refractivity contribution in [2.45, 2.75) is 39.2 Å². The molecule has 1 unspecified atom stereocenters. The van der Waals surface area contributed by atoms with E-state index in [-0.39, 0.29) is 24.5 Å². The van der Waals surface area contributed by atoms with E-state index < -0.39 is 0 Å². The van der Waals surface area contributed by atoms with E-state index in [2.05, 4.69) is 15.6 Å². The molecule has 0 spiro atoms. The van der Waals surface area contributed by atoms with Crippen molar-refractivity contribution in [2.75, 3.05) is 18.5 Å². The molecule has 1 aliphatic heterocycles. The zero-order chi connectivity index (χ0) is 18.5. The highest BCUT2D eigenvalue weighted by atomic mass is 16.6. The lowest BCUT2D eigenvalue weighted by molar-refractivity contribution is -0.134. The molecular weight excluding hydrogens is 336 g/mol. The van der Waals surface area contributed by atoms with E-state index in [1.165, 1.54) is 0 Å². The Balaban J connectivity index is 1.61. The van der Waals surface area contributed by atoms with Crippen LogP contribution in [0.2, 0.25) is 0 Å². The Kier molecular flexibility index (Phi) is 5.50. The molecule has 8 nitrogen and oxygen atoms in total. The van der Waals surface area contributed by atoms with E-state index in [0.29, 0.717) is 35.8 Å². The highest BCUT2D eigenvalue weighted by molar-refractivity contribution is 5.90. The lowest BCUT2D eigenvalue weighted by atomic mass is 10.1. The number of nitrogens with zero attached hydrogens (tertiary/aromatic N) is 3. The van der Waals surface area contributed by atoms with Gasteiger partial charge in [0.15, 0.2) is 6.61 Å². The van der Waals surface area contributed by atoms with Crippen LogP contribution in [0.4, 0.5) is 5.69 Å². The lowest BCUT2D eigenvalue weighted by Gasteiger charge is -2.23. The average molecular weight is 358 g/mol. The molecule has 1 N–H and O–H groups in total. The molecule has 3 rings (SSSR count). The third-order valence-corrected chi connectivity index (χ3v) is 4.38. The van der Waals surface area contributed by atoms with Gasteiger partial charge in [0.2, 0.25) is 5.91 Å². The highest BCUT2D eigenvalue weighted by Crippen LogP contribution is 2.32. The normalized spacial score (nSPS) is 16.5. The minimum absolute atomic E-state index is 0.0743. The van der Waals surface area contributed by atoms with Crippen LogP contribution in [0.25, 0.3) is 0 Å². The van der Waals surface area contributed by atoms with Gasteiger partial charge in [0.1, 0.15) is 17.1 Å². The standard InChI is InChI=1S/C18H22N4O4/c1-3-16(23)19-13-6-4-7-14(10-13)25-11-17(24)22-9-5-8-15(22)18-12(2)20-26-21-18/h4,6-7,10,15H,3,5,8-9,11H2,1-2H3,(H,19,23). The summed E-state index contributed by atoms with van der Waals surface area (Å²) < 4.78 is 10.4. The van der Waals surface area contributed by atoms with Crippen LogP contribution < -0.4 is 10.1 Å². The number of amides is 2. The summed E-state index contributed by atoms with van der Waals surface area (Å²) >= 11 is 0. The summed E-state index contributed by atoms with van der Waals surface area (Å²) in [5, 5.41) is 10.5. The Bertz CT molecular complexity index is 789. The average Bonchev–Trinajstić information content (AvgIpc) is 3.28. The smallest absolute Gasteiger partial charge is 0.261 e. The van der Waals surface area contributed by atoms with Gasteiger partial charge in [-0.25, -0.2) is 4.63 Å². The lowest BCUT2D eigenvalue weighted by Crippen LogP contribution is -2.34. The molecule has 1 aromatic heterocycles. The monoisotopic (exact) mass is 358 g/mol. The number of hydrogen-bond donors (Lipinski definition) is 1. The molecule has 1 atom stereocenters. The molecular formula is C18H22N4O4. The molecule has 0 aliphatic carbocycles. The Hall–Kier alpha value is -2.90. The van der Waals surface area contributed by atoms with Gasteiger partial charge in [-0.1, -0.05) is 23.3 Å². The Morgan fingerprint density at radius 2 is 2.23 bits per heavy atom. The Morgan fingerprint density at radius 3 is 2.96 bits per heavy atom. The zero-order valence-electron chi connectivity index (χ0n) is 14.9. The number of nitrogens with one attached hydrogen (secondary N) is 1. The summed E-state index contributed by atoms with van der Waals surface area (Å²) in [6, 6.07) is 6.89. The van der Waals surface area contributed by atoms with Gasteiger partial charge in [0.25, 0.3) is 5.91 Å². The number of aromatic nitrogens is 2. The summed E-state index contributed by atoms with van der Waals surface area (Å²) in [5.74, 6) is 0.343. The molecule has 1 aromatic carbocycles. The van der Waals surface area contributed by atoms with Crippen molar-refractivity contribution in [1.29, 1.82) is 0 Å². The van der Waals surface area contributed by atoms with Crippen molar-refractivity contribution >= 4 is 17.5 Å². The van der Waals surface area contributed by atoms with E-state index in [9.17, 15) is 9.59 Å². The maximum Gasteiger partial charge on any atom is 0.261 e. The summed E-state index contributed by atoms with van der Waals surface area (Å²) in [6.07, 6.45) is 2.14. The molecule has 0 bridgehead atoms. The maximum absolute atomic E-state index is 12.6. The van der Waals surface area contributed by atoms with Gasteiger partial charge in [-0.05, 0) is 31.9 Å². The van der Waals surface area contributed by atoms with E-state index >= 15 is 0 Å². The molecule has 2 heterocycles. The fraction of sp³-hybridized carbons (Fsp3) is 0.444. The van der Waals surface area contributed by atoms with Crippen molar-refractivity contribution in [1.82, 2.24) is 15.2 Å². The number of ether oxygens (including phenoxy) is 1. The van der Waals surface area contributed by atoms with Gasteiger partial charge < -0.3 is 15.0 Å². The number of rotatable bonds is 6. The number of carbonyl (C=O) groups excluding carboxylic acids is 2. The minimum atomic E-state index is -0.118. The molecule has 0 saturated carbocycles. The largest absolute Gasteiger partial charge is 0.484 e. The van der Waals surface area contributed by atoms with Gasteiger partial charge in [-0.2, -0.15) is 0 Å². The van der Waals surface area contributed by atoms with Crippen molar-refractivity contribution < 1.29 is 19.0 Å². The Morgan fingerprint density at radius 1 is 1.38 bits per heavy atom. The maximum atomic E-state index is 12.6. The molecule has 8 heteroatoms. The van der Waals surface area contributed by atoms with Crippen LogP contribution in [0.3, 0.4) is 0 Å². The molecule has 138 valence electrons. The van der Waals surface area contributed by atoms with Crippen LogP contribution in [0.5, 0.6) is 5.75 Å². The van der Waals surface area contributed by atoms with E-state index in [1.807, 2.05) is 6.92 Å². The molecule has 0 radical (unpaired) electrons. The van der Waals surface area contributed by atoms with Gasteiger partial charge in [0, 0.05) is 24.7 Å². The molecule has 2 aromatic rings. The van der Waals surface area contributed by atoms with Gasteiger partial charge in [0.05, 0.1) is 6.04 Å². The summed E-state index contributed by atoms with van der Waals surface area (Å²) in [4.78, 5) is 25.8. The minimum Gasteiger partial charge on any atom is -0.484 e. The summed E-state index contributed by atoms with van der Waals surface area (Å²) in [6.45, 7) is 4.18. The molecule has 1 fully saturated rings. The molecule has 1 aliphatic rings. The quantitative estimate of drug-likeness (QED) is 0.852. The first-order chi connectivity index (χ1) is 12.6. The first-order valence-electron chi connectivity index (χ1n) is 8.69. The predicted molar refractivity (Wildman–Crippen MR) is 93.6 cm³/mol. The van der Waals surface area contributed by atoms with Crippen LogP contribution in [-0.2, 0) is 9.59 Å². The predicted octanol–water partition coefficient (Wildman–Crippen LogP) is 2.47. The number of hydrogen-bond acceptors (Lipinski definition) is 6. The molecule has 2 amide bonds. The van der Waals surface area contributed by atoms with Crippen LogP contribution in [0.15, 0.2) is 28.9 Å². The van der Waals surface area contributed by atoms with Crippen LogP contribution in [-0.4, -0.2) is 40.2 Å². The first-order valence-corrected chi connectivity index (χ1v) is 8.69. The number of likely N-dealkylation sites (tertiary alicyclic amines) is 1. The topological polar surface area (TPSA) is 97.6 Å². The SMILES string of the molecule is CCC(=O)Nc1cccc(OCC(=O)N2CCCC2c2nonc2C)c1. The Labute approximate surface area is 151 Å². The fourth-order valence-corrected chi connectivity index (χ4v) is 3.03. The number of benzene rings is 1. The second-order valence-corrected chi connectivity index (χ2v) is 6.20. The van der Waals surface area contributed by atoms with Crippen molar-refractivity contribution in [2.24, 2.45) is 0 Å². The first kappa shape index (κ1) is 17.9. The van der Waals surface area contributed by atoms with Crippen LogP contribution in [0, 0.1) is 6.92 Å². The summed E-state index contributed by atoms with van der Waals surface area (Å²) in [7, 11) is 0. The van der Waals surface area contributed by atoms with Crippen LogP contribution in [0.1, 0.15) is 43.6 Å². The van der Waals surface area contributed by atoms with Crippen molar-refractivity contribution in [3.8, 4) is 5.75 Å². The number of anilines is 1. The molecule has 26 heavy (non-hydrogen) atoms. The van der Waals surface area contributed by atoms with Gasteiger partial charge in [-0.3, -0.25) is 9.59 Å². The fourth-order valence-electron chi connectivity index (χ4n) is 3.03. The van der Waals surface area contributed by atoms with Crippen molar-refractivity contribution in [3.05, 3.63) is 35.7 Å². The number of aryl methyl sites for hydroxylation is 1. The van der Waals surface area contributed by atoms with E-state index in [4.69, 9.17) is 9.37 Å². The van der Waals surface area contributed by atoms with Gasteiger partial charge in [-0.15, -0.1) is 0 Å². The number of carbonyl (C=O) groups is 2. The third-order valence-electron chi connectivity index (χ3n) is 4.38. The second kappa shape index (κ2) is 7.99. The van der Waals surface area contributed by atoms with Crippen molar-refractivity contribution in [3.63, 3.8) is 0 Å². The molecule has 1 saturated heterocycles. The highest BCUT2D eigenvalue weighted by Gasteiger charge is 2.33. The second-order valence-electron chi connectivity index (χ2n) is 6.20. The zero-order valence-corrected chi connectivity index (χ0v) is 14.9.